The van der Waals surface area contributed by atoms with Crippen LogP contribution in [0.25, 0.3) is 0 Å². The lowest BCUT2D eigenvalue weighted by Crippen LogP contribution is -2.34. The van der Waals surface area contributed by atoms with E-state index in [9.17, 15) is 4.79 Å². The summed E-state index contributed by atoms with van der Waals surface area (Å²) in [5.74, 6) is 2.16. The summed E-state index contributed by atoms with van der Waals surface area (Å²) in [6.07, 6.45) is 2.56. The van der Waals surface area contributed by atoms with Gasteiger partial charge in [0, 0.05) is 24.7 Å². The van der Waals surface area contributed by atoms with Gasteiger partial charge in [0.15, 0.2) is 17.3 Å². The Morgan fingerprint density at radius 1 is 1.22 bits per heavy atom. The highest BCUT2D eigenvalue weighted by atomic mass is 16.5. The molecule has 2 aromatic rings. The first-order valence-electron chi connectivity index (χ1n) is 8.94. The molecule has 2 heterocycles. The lowest BCUT2D eigenvalue weighted by molar-refractivity contribution is 0.195. The minimum atomic E-state index is -0.207. The summed E-state index contributed by atoms with van der Waals surface area (Å²) in [6, 6.07) is 5.01. The normalized spacial score (nSPS) is 16.3. The summed E-state index contributed by atoms with van der Waals surface area (Å²) in [6.45, 7) is 2.67. The van der Waals surface area contributed by atoms with Crippen LogP contribution in [0.2, 0.25) is 0 Å². The van der Waals surface area contributed by atoms with E-state index in [0.717, 1.165) is 30.7 Å². The Bertz CT molecular complexity index is 779. The van der Waals surface area contributed by atoms with Crippen LogP contribution in [0.4, 0.5) is 10.5 Å². The molecule has 1 N–H and O–H groups in total. The molecular weight excluding hydrogens is 350 g/mol. The third-order valence-electron chi connectivity index (χ3n) is 4.70. The number of benzene rings is 1. The Morgan fingerprint density at radius 3 is 2.48 bits per heavy atom. The molecule has 1 saturated heterocycles. The number of likely N-dealkylation sites (tertiary alicyclic amines) is 1. The SMILES string of the molecule is CCc1cc([C@H]2CCCN2C(=O)Nc2cc(OC)c(OC)c(OC)c2)on1. The van der Waals surface area contributed by atoms with E-state index in [1.807, 2.05) is 13.0 Å². The fourth-order valence-electron chi connectivity index (χ4n) is 3.31. The summed E-state index contributed by atoms with van der Waals surface area (Å²) in [5.41, 5.74) is 1.45. The van der Waals surface area contributed by atoms with Gasteiger partial charge in [-0.15, -0.1) is 0 Å². The third kappa shape index (κ3) is 3.79. The highest BCUT2D eigenvalue weighted by Gasteiger charge is 2.33. The average molecular weight is 375 g/mol. The van der Waals surface area contributed by atoms with Gasteiger partial charge >= 0.3 is 6.03 Å². The van der Waals surface area contributed by atoms with E-state index in [2.05, 4.69) is 10.5 Å². The van der Waals surface area contributed by atoms with Crippen LogP contribution >= 0.6 is 0 Å². The van der Waals surface area contributed by atoms with Crippen LogP contribution in [-0.2, 0) is 6.42 Å². The standard InChI is InChI=1S/C19H25N3O5/c1-5-12-9-15(27-21-12)14-7-6-8-22(14)19(23)20-13-10-16(24-2)18(26-4)17(11-13)25-3/h9-11,14H,5-8H2,1-4H3,(H,20,23)/t14-/m1/s1. The van der Waals surface area contributed by atoms with Gasteiger partial charge in [0.05, 0.1) is 38.8 Å². The van der Waals surface area contributed by atoms with Crippen LogP contribution in [0.3, 0.4) is 0 Å². The third-order valence-corrected chi connectivity index (χ3v) is 4.70. The number of nitrogens with zero attached hydrogens (tertiary/aromatic N) is 2. The molecule has 0 aliphatic carbocycles. The maximum absolute atomic E-state index is 12.9. The first kappa shape index (κ1) is 18.9. The molecule has 1 aliphatic rings. The summed E-state index contributed by atoms with van der Waals surface area (Å²) in [4.78, 5) is 14.6. The van der Waals surface area contributed by atoms with Gasteiger partial charge in [-0.1, -0.05) is 12.1 Å². The number of aryl methyl sites for hydroxylation is 1. The van der Waals surface area contributed by atoms with E-state index < -0.39 is 0 Å². The number of rotatable bonds is 6. The number of anilines is 1. The summed E-state index contributed by atoms with van der Waals surface area (Å²) in [7, 11) is 4.61. The van der Waals surface area contributed by atoms with Crippen molar-refractivity contribution in [1.29, 1.82) is 0 Å². The van der Waals surface area contributed by atoms with Crippen molar-refractivity contribution in [2.24, 2.45) is 0 Å². The summed E-state index contributed by atoms with van der Waals surface area (Å²) in [5, 5.41) is 6.96. The smallest absolute Gasteiger partial charge is 0.322 e. The van der Waals surface area contributed by atoms with Gasteiger partial charge in [0.25, 0.3) is 0 Å². The monoisotopic (exact) mass is 375 g/mol. The first-order chi connectivity index (χ1) is 13.1. The zero-order valence-electron chi connectivity index (χ0n) is 16.1. The van der Waals surface area contributed by atoms with Gasteiger partial charge in [0.1, 0.15) is 0 Å². The topological polar surface area (TPSA) is 86.1 Å². The number of ether oxygens (including phenoxy) is 3. The largest absolute Gasteiger partial charge is 0.493 e. The molecule has 1 aromatic heterocycles. The fourth-order valence-corrected chi connectivity index (χ4v) is 3.31. The van der Waals surface area contributed by atoms with Crippen LogP contribution in [0, 0.1) is 0 Å². The zero-order valence-corrected chi connectivity index (χ0v) is 16.1. The minimum Gasteiger partial charge on any atom is -0.493 e. The quantitative estimate of drug-likeness (QED) is 0.830. The maximum Gasteiger partial charge on any atom is 0.322 e. The number of methoxy groups -OCH3 is 3. The predicted octanol–water partition coefficient (Wildman–Crippen LogP) is 3.63. The van der Waals surface area contributed by atoms with E-state index in [-0.39, 0.29) is 12.1 Å². The Balaban J connectivity index is 1.80. The van der Waals surface area contributed by atoms with Crippen LogP contribution in [0.5, 0.6) is 17.2 Å². The van der Waals surface area contributed by atoms with Crippen molar-refractivity contribution in [3.63, 3.8) is 0 Å². The second-order valence-corrected chi connectivity index (χ2v) is 6.27. The van der Waals surface area contributed by atoms with Gasteiger partial charge < -0.3 is 29.0 Å². The Labute approximate surface area is 158 Å². The van der Waals surface area contributed by atoms with E-state index in [1.54, 1.807) is 17.0 Å². The molecule has 0 bridgehead atoms. The molecule has 1 atom stereocenters. The van der Waals surface area contributed by atoms with E-state index >= 15 is 0 Å². The average Bonchev–Trinajstić information content (AvgIpc) is 3.35. The van der Waals surface area contributed by atoms with Crippen molar-refractivity contribution in [3.05, 3.63) is 29.7 Å². The molecule has 3 rings (SSSR count). The maximum atomic E-state index is 12.9. The number of amides is 2. The van der Waals surface area contributed by atoms with Crippen molar-refractivity contribution in [2.75, 3.05) is 33.2 Å². The van der Waals surface area contributed by atoms with Gasteiger partial charge in [0.2, 0.25) is 5.75 Å². The minimum absolute atomic E-state index is 0.111. The van der Waals surface area contributed by atoms with Crippen LogP contribution in [-0.4, -0.2) is 44.0 Å². The molecule has 146 valence electrons. The van der Waals surface area contributed by atoms with Crippen molar-refractivity contribution in [3.8, 4) is 17.2 Å². The van der Waals surface area contributed by atoms with Crippen LogP contribution in [0.15, 0.2) is 22.7 Å². The first-order valence-corrected chi connectivity index (χ1v) is 8.94. The van der Waals surface area contributed by atoms with Crippen molar-refractivity contribution < 1.29 is 23.5 Å². The van der Waals surface area contributed by atoms with Gasteiger partial charge in [-0.05, 0) is 19.3 Å². The van der Waals surface area contributed by atoms with Gasteiger partial charge in [-0.3, -0.25) is 0 Å². The molecule has 1 fully saturated rings. The fraction of sp³-hybridized carbons (Fsp3) is 0.474. The summed E-state index contributed by atoms with van der Waals surface area (Å²) < 4.78 is 21.4. The number of hydrogen-bond donors (Lipinski definition) is 1. The molecule has 0 radical (unpaired) electrons. The Morgan fingerprint density at radius 2 is 1.93 bits per heavy atom. The molecule has 27 heavy (non-hydrogen) atoms. The van der Waals surface area contributed by atoms with Crippen molar-refractivity contribution in [2.45, 2.75) is 32.2 Å². The number of carbonyl (C=O) groups excluding carboxylic acids is 1. The Kier molecular flexibility index (Phi) is 5.73. The number of hydrogen-bond acceptors (Lipinski definition) is 6. The number of nitrogens with one attached hydrogen (secondary N) is 1. The van der Waals surface area contributed by atoms with E-state index in [4.69, 9.17) is 18.7 Å². The molecule has 0 unspecified atom stereocenters. The Hall–Kier alpha value is -2.90. The van der Waals surface area contributed by atoms with E-state index in [1.165, 1.54) is 21.3 Å². The molecular formula is C19H25N3O5. The van der Waals surface area contributed by atoms with Crippen LogP contribution in [0.1, 0.15) is 37.3 Å². The van der Waals surface area contributed by atoms with Gasteiger partial charge in [-0.25, -0.2) is 4.79 Å². The molecule has 1 aliphatic heterocycles. The molecule has 8 nitrogen and oxygen atoms in total. The lowest BCUT2D eigenvalue weighted by Gasteiger charge is -2.23. The number of aromatic nitrogens is 1. The number of carbonyl (C=O) groups is 1. The zero-order chi connectivity index (χ0) is 19.4. The molecule has 8 heteroatoms. The number of urea groups is 1. The van der Waals surface area contributed by atoms with Gasteiger partial charge in [-0.2, -0.15) is 0 Å². The van der Waals surface area contributed by atoms with E-state index in [0.29, 0.717) is 29.5 Å². The summed E-state index contributed by atoms with van der Waals surface area (Å²) >= 11 is 0. The van der Waals surface area contributed by atoms with Crippen molar-refractivity contribution >= 4 is 11.7 Å². The highest BCUT2D eigenvalue weighted by Crippen LogP contribution is 2.40. The second kappa shape index (κ2) is 8.20. The molecule has 0 saturated carbocycles. The molecule has 1 aromatic carbocycles. The molecule has 2 amide bonds. The predicted molar refractivity (Wildman–Crippen MR) is 99.7 cm³/mol. The molecule has 0 spiro atoms. The lowest BCUT2D eigenvalue weighted by atomic mass is 10.1. The van der Waals surface area contributed by atoms with Crippen molar-refractivity contribution in [1.82, 2.24) is 10.1 Å². The second-order valence-electron chi connectivity index (χ2n) is 6.27. The van der Waals surface area contributed by atoms with Crippen LogP contribution < -0.4 is 19.5 Å². The highest BCUT2D eigenvalue weighted by molar-refractivity contribution is 5.90.